The Morgan fingerprint density at radius 1 is 1.39 bits per heavy atom. The minimum Gasteiger partial charge on any atom is -0.493 e. The van der Waals surface area contributed by atoms with Crippen molar-refractivity contribution in [3.05, 3.63) is 22.7 Å². The van der Waals surface area contributed by atoms with Crippen molar-refractivity contribution in [2.45, 2.75) is 18.9 Å². The van der Waals surface area contributed by atoms with E-state index in [-0.39, 0.29) is 0 Å². The van der Waals surface area contributed by atoms with Gasteiger partial charge in [0, 0.05) is 5.56 Å². The fraction of sp³-hybridized carbons (Fsp3) is 0.462. The molecule has 1 unspecified atom stereocenters. The van der Waals surface area contributed by atoms with Crippen molar-refractivity contribution in [1.29, 1.82) is 5.26 Å². The number of methoxy groups -OCH3 is 2. The number of benzene rings is 1. The number of halogens is 1. The van der Waals surface area contributed by atoms with Crippen LogP contribution in [0.1, 0.15) is 24.5 Å². The number of aliphatic hydroxyl groups is 1. The first kappa shape index (κ1) is 13.0. The molecule has 96 valence electrons. The molecule has 0 radical (unpaired) electrons. The van der Waals surface area contributed by atoms with Crippen LogP contribution >= 0.6 is 11.6 Å². The van der Waals surface area contributed by atoms with Crippen LogP contribution < -0.4 is 9.47 Å². The van der Waals surface area contributed by atoms with Crippen molar-refractivity contribution in [1.82, 2.24) is 0 Å². The molecule has 1 atom stereocenters. The number of hydrogen-bond donors (Lipinski definition) is 1. The highest BCUT2D eigenvalue weighted by atomic mass is 35.5. The van der Waals surface area contributed by atoms with Gasteiger partial charge in [-0.3, -0.25) is 0 Å². The van der Waals surface area contributed by atoms with Gasteiger partial charge in [-0.2, -0.15) is 5.26 Å². The molecule has 0 bridgehead atoms. The van der Waals surface area contributed by atoms with Gasteiger partial charge in [0.1, 0.15) is 0 Å². The summed E-state index contributed by atoms with van der Waals surface area (Å²) in [6, 6.07) is 5.51. The van der Waals surface area contributed by atoms with Crippen molar-refractivity contribution >= 4 is 11.6 Å². The van der Waals surface area contributed by atoms with E-state index in [9.17, 15) is 5.11 Å². The molecule has 0 spiro atoms. The largest absolute Gasteiger partial charge is 0.493 e. The zero-order valence-corrected chi connectivity index (χ0v) is 11.0. The van der Waals surface area contributed by atoms with Crippen LogP contribution in [0.15, 0.2) is 12.1 Å². The molecule has 0 heterocycles. The fourth-order valence-electron chi connectivity index (χ4n) is 1.99. The fourth-order valence-corrected chi connectivity index (χ4v) is 2.33. The predicted octanol–water partition coefficient (Wildman–Crippen LogP) is 2.69. The quantitative estimate of drug-likeness (QED) is 0.911. The maximum Gasteiger partial charge on any atom is 0.179 e. The van der Waals surface area contributed by atoms with Crippen LogP contribution in [0.25, 0.3) is 0 Å². The Morgan fingerprint density at radius 2 is 2.06 bits per heavy atom. The highest BCUT2D eigenvalue weighted by molar-refractivity contribution is 6.33. The normalized spacial score (nSPS) is 17.7. The van der Waals surface area contributed by atoms with Crippen LogP contribution in [-0.4, -0.2) is 19.3 Å². The molecule has 1 aromatic rings. The standard InChI is InChI=1S/C13H14ClNO3/c1-17-9-4-3-8(10(14)11(9)18-2)12(16)13(7-15)5-6-13/h3-4,12,16H,5-6H2,1-2H3. The van der Waals surface area contributed by atoms with Crippen LogP contribution in [0.3, 0.4) is 0 Å². The van der Waals surface area contributed by atoms with Crippen LogP contribution in [0.4, 0.5) is 0 Å². The van der Waals surface area contributed by atoms with Gasteiger partial charge in [-0.15, -0.1) is 0 Å². The summed E-state index contributed by atoms with van der Waals surface area (Å²) >= 11 is 6.20. The minimum absolute atomic E-state index is 0.297. The zero-order chi connectivity index (χ0) is 13.3. The van der Waals surface area contributed by atoms with E-state index in [1.54, 1.807) is 12.1 Å². The maximum absolute atomic E-state index is 10.3. The van der Waals surface area contributed by atoms with E-state index in [0.29, 0.717) is 34.9 Å². The Hall–Kier alpha value is -1.44. The number of aliphatic hydroxyl groups excluding tert-OH is 1. The number of nitriles is 1. The lowest BCUT2D eigenvalue weighted by molar-refractivity contribution is 0.122. The van der Waals surface area contributed by atoms with Crippen LogP contribution in [0.2, 0.25) is 5.02 Å². The Bertz CT molecular complexity index is 506. The van der Waals surface area contributed by atoms with Gasteiger partial charge in [0.15, 0.2) is 11.5 Å². The second kappa shape index (κ2) is 4.68. The molecule has 1 N–H and O–H groups in total. The molecule has 0 saturated heterocycles. The Labute approximate surface area is 111 Å². The third kappa shape index (κ3) is 1.90. The van der Waals surface area contributed by atoms with E-state index in [1.807, 2.05) is 0 Å². The van der Waals surface area contributed by atoms with E-state index < -0.39 is 11.5 Å². The summed E-state index contributed by atoms with van der Waals surface area (Å²) in [7, 11) is 3.00. The predicted molar refractivity (Wildman–Crippen MR) is 66.8 cm³/mol. The number of ether oxygens (including phenoxy) is 2. The van der Waals surface area contributed by atoms with Gasteiger partial charge < -0.3 is 14.6 Å². The molecule has 2 rings (SSSR count). The molecule has 0 aromatic heterocycles. The first-order chi connectivity index (χ1) is 8.59. The number of rotatable bonds is 4. The summed E-state index contributed by atoms with van der Waals surface area (Å²) in [5, 5.41) is 19.7. The molecular weight excluding hydrogens is 254 g/mol. The first-order valence-electron chi connectivity index (χ1n) is 5.59. The molecule has 1 saturated carbocycles. The van der Waals surface area contributed by atoms with E-state index in [4.69, 9.17) is 26.3 Å². The van der Waals surface area contributed by atoms with Gasteiger partial charge in [0.2, 0.25) is 0 Å². The van der Waals surface area contributed by atoms with Gasteiger partial charge in [-0.1, -0.05) is 17.7 Å². The average Bonchev–Trinajstić information content (AvgIpc) is 3.18. The molecule has 0 aliphatic heterocycles. The molecule has 1 aliphatic carbocycles. The molecule has 1 fully saturated rings. The second-order valence-corrected chi connectivity index (χ2v) is 4.75. The van der Waals surface area contributed by atoms with E-state index in [1.165, 1.54) is 14.2 Å². The van der Waals surface area contributed by atoms with Gasteiger partial charge in [-0.25, -0.2) is 0 Å². The highest BCUT2D eigenvalue weighted by Gasteiger charge is 2.51. The smallest absolute Gasteiger partial charge is 0.179 e. The lowest BCUT2D eigenvalue weighted by atomic mass is 9.94. The summed E-state index contributed by atoms with van der Waals surface area (Å²) in [6.07, 6.45) is 0.486. The van der Waals surface area contributed by atoms with Crippen molar-refractivity contribution in [3.8, 4) is 17.6 Å². The Morgan fingerprint density at radius 3 is 2.50 bits per heavy atom. The maximum atomic E-state index is 10.3. The Balaban J connectivity index is 2.44. The third-order valence-corrected chi connectivity index (χ3v) is 3.73. The van der Waals surface area contributed by atoms with Crippen LogP contribution in [0, 0.1) is 16.7 Å². The summed E-state index contributed by atoms with van der Waals surface area (Å²) in [5.41, 5.74) is -0.183. The summed E-state index contributed by atoms with van der Waals surface area (Å²) in [6.45, 7) is 0. The second-order valence-electron chi connectivity index (χ2n) is 4.37. The summed E-state index contributed by atoms with van der Waals surface area (Å²) < 4.78 is 10.3. The van der Waals surface area contributed by atoms with Crippen molar-refractivity contribution in [2.24, 2.45) is 5.41 Å². The SMILES string of the molecule is COc1ccc(C(O)C2(C#N)CC2)c(Cl)c1OC. The first-order valence-corrected chi connectivity index (χ1v) is 5.97. The molecule has 1 aromatic carbocycles. The van der Waals surface area contributed by atoms with Gasteiger partial charge in [-0.05, 0) is 18.9 Å². The van der Waals surface area contributed by atoms with E-state index in [2.05, 4.69) is 6.07 Å². The number of hydrogen-bond acceptors (Lipinski definition) is 4. The molecule has 0 amide bonds. The zero-order valence-electron chi connectivity index (χ0n) is 10.2. The molecular formula is C13H14ClNO3. The van der Waals surface area contributed by atoms with E-state index in [0.717, 1.165) is 0 Å². The summed E-state index contributed by atoms with van der Waals surface area (Å²) in [4.78, 5) is 0. The lowest BCUT2D eigenvalue weighted by Crippen LogP contribution is -2.12. The topological polar surface area (TPSA) is 62.5 Å². The van der Waals surface area contributed by atoms with Gasteiger partial charge >= 0.3 is 0 Å². The average molecular weight is 268 g/mol. The van der Waals surface area contributed by atoms with Crippen molar-refractivity contribution in [2.75, 3.05) is 14.2 Å². The van der Waals surface area contributed by atoms with Crippen LogP contribution in [0.5, 0.6) is 11.5 Å². The third-order valence-electron chi connectivity index (χ3n) is 3.34. The van der Waals surface area contributed by atoms with Crippen molar-refractivity contribution < 1.29 is 14.6 Å². The van der Waals surface area contributed by atoms with E-state index >= 15 is 0 Å². The van der Waals surface area contributed by atoms with Crippen LogP contribution in [-0.2, 0) is 0 Å². The molecule has 18 heavy (non-hydrogen) atoms. The minimum atomic E-state index is -0.894. The summed E-state index contributed by atoms with van der Waals surface area (Å²) in [5.74, 6) is 0.879. The molecule has 1 aliphatic rings. The number of nitrogens with zero attached hydrogens (tertiary/aromatic N) is 1. The monoisotopic (exact) mass is 267 g/mol. The highest BCUT2D eigenvalue weighted by Crippen LogP contribution is 2.56. The molecule has 4 nitrogen and oxygen atoms in total. The van der Waals surface area contributed by atoms with Gasteiger partial charge in [0.05, 0.1) is 36.8 Å². The molecule has 5 heteroatoms. The van der Waals surface area contributed by atoms with Gasteiger partial charge in [0.25, 0.3) is 0 Å². The lowest BCUT2D eigenvalue weighted by Gasteiger charge is -2.19. The van der Waals surface area contributed by atoms with Crippen molar-refractivity contribution in [3.63, 3.8) is 0 Å². The Kier molecular flexibility index (Phi) is 3.38.